The average Bonchev–Trinajstić information content (AvgIpc) is 3.00. The number of fused-ring (bicyclic) bond motifs is 1. The van der Waals surface area contributed by atoms with Crippen molar-refractivity contribution in [1.29, 1.82) is 4.78 Å². The van der Waals surface area contributed by atoms with Crippen molar-refractivity contribution < 1.29 is 4.21 Å². The Balaban J connectivity index is 2.01. The molecule has 30 heavy (non-hydrogen) atoms. The molecule has 0 bridgehead atoms. The minimum atomic E-state index is -3.14. The molecule has 8 nitrogen and oxygen atoms in total. The molecule has 0 radical (unpaired) electrons. The molecule has 0 aliphatic rings. The Hall–Kier alpha value is -3.46. The number of nitrogens with one attached hydrogen (secondary N) is 1. The molecule has 2 aromatic carbocycles. The Morgan fingerprint density at radius 3 is 2.50 bits per heavy atom. The van der Waals surface area contributed by atoms with E-state index in [0.29, 0.717) is 29.0 Å². The standard InChI is InChI=1S/C21H22N6O2S/c1-2-12-30(23,29)20-24-13-18-19(25-20)26(14-15-8-4-3-5-9-15)21(28)27(18)17-11-7-6-10-16(17)22/h3-11,13,23H,2,12,14,22H2,1H3. The van der Waals surface area contributed by atoms with Gasteiger partial charge in [0.25, 0.3) is 0 Å². The topological polar surface area (TPSA) is 120 Å². The van der Waals surface area contributed by atoms with Crippen LogP contribution in [0.25, 0.3) is 16.9 Å². The van der Waals surface area contributed by atoms with Crippen LogP contribution >= 0.6 is 0 Å². The van der Waals surface area contributed by atoms with E-state index in [1.54, 1.807) is 24.3 Å². The van der Waals surface area contributed by atoms with Gasteiger partial charge in [-0.15, -0.1) is 0 Å². The molecule has 0 aliphatic carbocycles. The number of nitrogen functional groups attached to an aromatic ring is 1. The largest absolute Gasteiger partial charge is 0.397 e. The first-order chi connectivity index (χ1) is 14.4. The average molecular weight is 423 g/mol. The van der Waals surface area contributed by atoms with Crippen molar-refractivity contribution in [2.75, 3.05) is 11.5 Å². The number of aromatic nitrogens is 4. The Kier molecular flexibility index (Phi) is 5.13. The second-order valence-corrected chi connectivity index (χ2v) is 9.11. The van der Waals surface area contributed by atoms with Crippen molar-refractivity contribution in [2.24, 2.45) is 0 Å². The second-order valence-electron chi connectivity index (χ2n) is 6.99. The molecule has 0 saturated carbocycles. The summed E-state index contributed by atoms with van der Waals surface area (Å²) in [5.41, 5.74) is 8.46. The quantitative estimate of drug-likeness (QED) is 0.366. The van der Waals surface area contributed by atoms with Gasteiger partial charge in [-0.3, -0.25) is 9.13 Å². The SMILES string of the molecule is CCCS(=N)(=O)c1ncc2c(n1)n(Cc1ccccc1)c(=O)n2-c1ccccc1N. The zero-order chi connectivity index (χ0) is 21.3. The maximum Gasteiger partial charge on any atom is 0.335 e. The highest BCUT2D eigenvalue weighted by Gasteiger charge is 2.21. The van der Waals surface area contributed by atoms with Crippen LogP contribution < -0.4 is 11.4 Å². The summed E-state index contributed by atoms with van der Waals surface area (Å²) in [5, 5.41) is -0.0585. The molecule has 0 saturated heterocycles. The van der Waals surface area contributed by atoms with Gasteiger partial charge in [0.1, 0.15) is 15.2 Å². The summed E-state index contributed by atoms with van der Waals surface area (Å²) >= 11 is 0. The highest BCUT2D eigenvalue weighted by Crippen LogP contribution is 2.22. The molecule has 0 amide bonds. The van der Waals surface area contributed by atoms with Crippen LogP contribution in [0.3, 0.4) is 0 Å². The molecule has 0 spiro atoms. The van der Waals surface area contributed by atoms with Gasteiger partial charge in [0.05, 0.1) is 24.1 Å². The first-order valence-corrected chi connectivity index (χ1v) is 11.3. The summed E-state index contributed by atoms with van der Waals surface area (Å²) in [7, 11) is -3.14. The smallest absolute Gasteiger partial charge is 0.335 e. The predicted molar refractivity (Wildman–Crippen MR) is 117 cm³/mol. The van der Waals surface area contributed by atoms with E-state index >= 15 is 0 Å². The normalized spacial score (nSPS) is 13.4. The van der Waals surface area contributed by atoms with Gasteiger partial charge in [0.2, 0.25) is 5.16 Å². The van der Waals surface area contributed by atoms with Gasteiger partial charge in [-0.1, -0.05) is 49.4 Å². The van der Waals surface area contributed by atoms with Gasteiger partial charge >= 0.3 is 5.69 Å². The van der Waals surface area contributed by atoms with Gasteiger partial charge in [-0.2, -0.15) is 4.98 Å². The van der Waals surface area contributed by atoms with Crippen molar-refractivity contribution in [3.05, 3.63) is 76.8 Å². The number of hydrogen-bond acceptors (Lipinski definition) is 6. The number of hydrogen-bond donors (Lipinski definition) is 2. The van der Waals surface area contributed by atoms with Crippen LogP contribution in [0.4, 0.5) is 5.69 Å². The Labute approximate surface area is 174 Å². The van der Waals surface area contributed by atoms with E-state index in [0.717, 1.165) is 5.56 Å². The summed E-state index contributed by atoms with van der Waals surface area (Å²) in [5.74, 6) is 0.160. The van der Waals surface area contributed by atoms with Crippen LogP contribution in [0.15, 0.2) is 70.7 Å². The van der Waals surface area contributed by atoms with E-state index in [1.807, 2.05) is 37.3 Å². The molecule has 3 N–H and O–H groups in total. The van der Waals surface area contributed by atoms with Crippen molar-refractivity contribution in [1.82, 2.24) is 19.1 Å². The van der Waals surface area contributed by atoms with Crippen molar-refractivity contribution in [3.63, 3.8) is 0 Å². The van der Waals surface area contributed by atoms with E-state index in [-0.39, 0.29) is 23.1 Å². The molecule has 154 valence electrons. The van der Waals surface area contributed by atoms with Crippen LogP contribution in [-0.4, -0.2) is 29.1 Å². The first kappa shape index (κ1) is 19.8. The number of anilines is 1. The number of nitrogens with two attached hydrogens (primary N) is 1. The monoisotopic (exact) mass is 422 g/mol. The van der Waals surface area contributed by atoms with Crippen LogP contribution in [-0.2, 0) is 16.3 Å². The highest BCUT2D eigenvalue weighted by atomic mass is 32.2. The van der Waals surface area contributed by atoms with E-state index in [2.05, 4.69) is 9.97 Å². The first-order valence-electron chi connectivity index (χ1n) is 9.56. The van der Waals surface area contributed by atoms with Gasteiger partial charge in [0, 0.05) is 5.75 Å². The molecular formula is C21H22N6O2S. The predicted octanol–water partition coefficient (Wildman–Crippen LogP) is 3.03. The van der Waals surface area contributed by atoms with Crippen LogP contribution in [0.1, 0.15) is 18.9 Å². The summed E-state index contributed by atoms with van der Waals surface area (Å²) in [4.78, 5) is 22.0. The lowest BCUT2D eigenvalue weighted by molar-refractivity contribution is 0.664. The molecule has 9 heteroatoms. The summed E-state index contributed by atoms with van der Waals surface area (Å²) in [6.07, 6.45) is 2.03. The van der Waals surface area contributed by atoms with Gasteiger partial charge in [0.15, 0.2) is 5.65 Å². The lowest BCUT2D eigenvalue weighted by atomic mass is 10.2. The van der Waals surface area contributed by atoms with E-state index in [4.69, 9.17) is 10.5 Å². The Bertz CT molecular complexity index is 1370. The van der Waals surface area contributed by atoms with E-state index in [1.165, 1.54) is 15.3 Å². The fourth-order valence-electron chi connectivity index (χ4n) is 3.39. The van der Waals surface area contributed by atoms with Crippen molar-refractivity contribution in [2.45, 2.75) is 25.0 Å². The number of para-hydroxylation sites is 2. The molecular weight excluding hydrogens is 400 g/mol. The maximum atomic E-state index is 13.4. The number of nitrogens with zero attached hydrogens (tertiary/aromatic N) is 4. The highest BCUT2D eigenvalue weighted by molar-refractivity contribution is 7.92. The lowest BCUT2D eigenvalue weighted by Crippen LogP contribution is -2.24. The number of benzene rings is 2. The Morgan fingerprint density at radius 2 is 1.80 bits per heavy atom. The van der Waals surface area contributed by atoms with Crippen molar-refractivity contribution in [3.8, 4) is 5.69 Å². The molecule has 4 rings (SSSR count). The fraction of sp³-hybridized carbons (Fsp3) is 0.190. The Morgan fingerprint density at radius 1 is 1.10 bits per heavy atom. The molecule has 4 aromatic rings. The molecule has 1 unspecified atom stereocenters. The zero-order valence-corrected chi connectivity index (χ0v) is 17.3. The van der Waals surface area contributed by atoms with Crippen LogP contribution in [0, 0.1) is 4.78 Å². The minimum absolute atomic E-state index is 0.0585. The lowest BCUT2D eigenvalue weighted by Gasteiger charge is -2.07. The summed E-state index contributed by atoms with van der Waals surface area (Å²) < 4.78 is 23.9. The molecule has 0 aliphatic heterocycles. The third-order valence-electron chi connectivity index (χ3n) is 4.79. The van der Waals surface area contributed by atoms with Crippen LogP contribution in [0.5, 0.6) is 0 Å². The fourth-order valence-corrected chi connectivity index (χ4v) is 4.61. The van der Waals surface area contributed by atoms with Crippen LogP contribution in [0.2, 0.25) is 0 Å². The van der Waals surface area contributed by atoms with Gasteiger partial charge in [-0.05, 0) is 24.1 Å². The van der Waals surface area contributed by atoms with E-state index < -0.39 is 9.73 Å². The second kappa shape index (κ2) is 7.75. The molecule has 2 heterocycles. The summed E-state index contributed by atoms with van der Waals surface area (Å²) in [6, 6.07) is 16.6. The van der Waals surface area contributed by atoms with E-state index in [9.17, 15) is 9.00 Å². The summed E-state index contributed by atoms with van der Waals surface area (Å²) in [6.45, 7) is 2.13. The van der Waals surface area contributed by atoms with Gasteiger partial charge in [-0.25, -0.2) is 18.8 Å². The minimum Gasteiger partial charge on any atom is -0.397 e. The molecule has 2 aromatic heterocycles. The maximum absolute atomic E-state index is 13.4. The third kappa shape index (κ3) is 3.48. The number of rotatable bonds is 6. The molecule has 0 fully saturated rings. The van der Waals surface area contributed by atoms with Gasteiger partial charge < -0.3 is 5.73 Å². The number of imidazole rings is 1. The zero-order valence-electron chi connectivity index (χ0n) is 16.5. The van der Waals surface area contributed by atoms with Crippen molar-refractivity contribution >= 4 is 26.6 Å². The molecule has 1 atom stereocenters. The third-order valence-corrected chi connectivity index (χ3v) is 6.56.